The third kappa shape index (κ3) is 4.47. The van der Waals surface area contributed by atoms with Gasteiger partial charge in [0.2, 0.25) is 0 Å². The Morgan fingerprint density at radius 3 is 2.17 bits per heavy atom. The van der Waals surface area contributed by atoms with Gasteiger partial charge in [-0.15, -0.1) is 0 Å². The normalized spacial score (nSPS) is 10.2. The molecule has 0 spiro atoms. The fourth-order valence-corrected chi connectivity index (χ4v) is 2.19. The first-order valence-corrected chi connectivity index (χ1v) is 7.25. The summed E-state index contributed by atoms with van der Waals surface area (Å²) in [5.74, 6) is 1.18. The Morgan fingerprint density at radius 2 is 1.57 bits per heavy atom. The highest BCUT2D eigenvalue weighted by molar-refractivity contribution is 5.94. The molecule has 0 saturated carbocycles. The number of rotatable bonds is 7. The number of methoxy groups -OCH3 is 3. The molecule has 0 atom stereocenters. The standard InChI is InChI=1S/C18H21NO4/c1-21-12-13-4-7-15(8-5-13)18(20)19-11-14-6-9-16(22-2)17(10-14)23-3/h4-10H,11-12H2,1-3H3,(H,19,20). The number of benzene rings is 2. The largest absolute Gasteiger partial charge is 0.493 e. The minimum Gasteiger partial charge on any atom is -0.493 e. The van der Waals surface area contributed by atoms with E-state index < -0.39 is 0 Å². The molecule has 0 bridgehead atoms. The van der Waals surface area contributed by atoms with Crippen LogP contribution >= 0.6 is 0 Å². The second kappa shape index (κ2) is 8.19. The Balaban J connectivity index is 1.98. The molecule has 0 saturated heterocycles. The van der Waals surface area contributed by atoms with Crippen LogP contribution in [0.2, 0.25) is 0 Å². The summed E-state index contributed by atoms with van der Waals surface area (Å²) in [6.07, 6.45) is 0. The van der Waals surface area contributed by atoms with Gasteiger partial charge in [0.15, 0.2) is 11.5 Å². The zero-order valence-electron chi connectivity index (χ0n) is 13.6. The molecule has 0 aliphatic carbocycles. The van der Waals surface area contributed by atoms with Crippen LogP contribution in [0.5, 0.6) is 11.5 Å². The maximum Gasteiger partial charge on any atom is 0.251 e. The summed E-state index contributed by atoms with van der Waals surface area (Å²) in [5.41, 5.74) is 2.58. The van der Waals surface area contributed by atoms with Crippen LogP contribution in [0, 0.1) is 0 Å². The number of hydrogen-bond acceptors (Lipinski definition) is 4. The highest BCUT2D eigenvalue weighted by Crippen LogP contribution is 2.27. The average Bonchev–Trinajstić information content (AvgIpc) is 2.60. The molecule has 1 N–H and O–H groups in total. The monoisotopic (exact) mass is 315 g/mol. The molecule has 122 valence electrons. The Kier molecular flexibility index (Phi) is 6.00. The van der Waals surface area contributed by atoms with E-state index in [0.717, 1.165) is 11.1 Å². The summed E-state index contributed by atoms with van der Waals surface area (Å²) in [5, 5.41) is 2.89. The molecular formula is C18H21NO4. The van der Waals surface area contributed by atoms with Gasteiger partial charge in [-0.3, -0.25) is 4.79 Å². The third-order valence-electron chi connectivity index (χ3n) is 3.43. The molecule has 2 rings (SSSR count). The minimum atomic E-state index is -0.122. The van der Waals surface area contributed by atoms with E-state index in [9.17, 15) is 4.79 Å². The van der Waals surface area contributed by atoms with Gasteiger partial charge in [0.05, 0.1) is 20.8 Å². The lowest BCUT2D eigenvalue weighted by atomic mass is 10.1. The fourth-order valence-electron chi connectivity index (χ4n) is 2.19. The number of ether oxygens (including phenoxy) is 3. The van der Waals surface area contributed by atoms with E-state index >= 15 is 0 Å². The molecule has 0 aliphatic heterocycles. The average molecular weight is 315 g/mol. The van der Waals surface area contributed by atoms with Gasteiger partial charge >= 0.3 is 0 Å². The summed E-state index contributed by atoms with van der Waals surface area (Å²) < 4.78 is 15.5. The smallest absolute Gasteiger partial charge is 0.251 e. The first-order valence-electron chi connectivity index (χ1n) is 7.25. The van der Waals surface area contributed by atoms with Crippen molar-refractivity contribution in [2.75, 3.05) is 21.3 Å². The van der Waals surface area contributed by atoms with Gasteiger partial charge in [0, 0.05) is 19.2 Å². The first-order chi connectivity index (χ1) is 11.2. The van der Waals surface area contributed by atoms with Gasteiger partial charge in [-0.2, -0.15) is 0 Å². The van der Waals surface area contributed by atoms with E-state index in [2.05, 4.69) is 5.32 Å². The second-order valence-corrected chi connectivity index (χ2v) is 5.00. The van der Waals surface area contributed by atoms with Gasteiger partial charge in [-0.1, -0.05) is 18.2 Å². The molecule has 5 nitrogen and oxygen atoms in total. The first kappa shape index (κ1) is 16.8. The molecule has 2 aromatic carbocycles. The topological polar surface area (TPSA) is 56.8 Å². The summed E-state index contributed by atoms with van der Waals surface area (Å²) in [7, 11) is 4.82. The molecule has 0 aromatic heterocycles. The lowest BCUT2D eigenvalue weighted by Crippen LogP contribution is -2.22. The highest BCUT2D eigenvalue weighted by atomic mass is 16.5. The van der Waals surface area contributed by atoms with Crippen molar-refractivity contribution in [2.24, 2.45) is 0 Å². The van der Waals surface area contributed by atoms with Crippen LogP contribution in [-0.4, -0.2) is 27.2 Å². The van der Waals surface area contributed by atoms with Crippen LogP contribution < -0.4 is 14.8 Å². The lowest BCUT2D eigenvalue weighted by molar-refractivity contribution is 0.0950. The van der Waals surface area contributed by atoms with Crippen LogP contribution in [0.25, 0.3) is 0 Å². The lowest BCUT2D eigenvalue weighted by Gasteiger charge is -2.10. The molecule has 0 fully saturated rings. The maximum absolute atomic E-state index is 12.2. The quantitative estimate of drug-likeness (QED) is 0.853. The number of amides is 1. The van der Waals surface area contributed by atoms with Crippen molar-refractivity contribution in [1.82, 2.24) is 5.32 Å². The number of hydrogen-bond donors (Lipinski definition) is 1. The van der Waals surface area contributed by atoms with Crippen molar-refractivity contribution >= 4 is 5.91 Å². The molecule has 0 heterocycles. The second-order valence-electron chi connectivity index (χ2n) is 5.00. The Morgan fingerprint density at radius 1 is 0.913 bits per heavy atom. The third-order valence-corrected chi connectivity index (χ3v) is 3.43. The molecule has 2 aromatic rings. The van der Waals surface area contributed by atoms with E-state index in [1.807, 2.05) is 30.3 Å². The molecule has 23 heavy (non-hydrogen) atoms. The summed E-state index contributed by atoms with van der Waals surface area (Å²) in [6, 6.07) is 12.9. The van der Waals surface area contributed by atoms with Crippen LogP contribution in [0.4, 0.5) is 0 Å². The van der Waals surface area contributed by atoms with Gasteiger partial charge in [0.1, 0.15) is 0 Å². The van der Waals surface area contributed by atoms with E-state index in [1.54, 1.807) is 33.5 Å². The van der Waals surface area contributed by atoms with Gasteiger partial charge in [0.25, 0.3) is 5.91 Å². The summed E-state index contributed by atoms with van der Waals surface area (Å²) in [6.45, 7) is 0.951. The molecular weight excluding hydrogens is 294 g/mol. The van der Waals surface area contributed by atoms with E-state index in [1.165, 1.54) is 0 Å². The predicted octanol–water partition coefficient (Wildman–Crippen LogP) is 2.78. The van der Waals surface area contributed by atoms with Crippen molar-refractivity contribution in [3.63, 3.8) is 0 Å². The van der Waals surface area contributed by atoms with Crippen molar-refractivity contribution in [2.45, 2.75) is 13.2 Å². The van der Waals surface area contributed by atoms with Crippen LogP contribution in [-0.2, 0) is 17.9 Å². The number of carbonyl (C=O) groups excluding carboxylic acids is 1. The maximum atomic E-state index is 12.2. The van der Waals surface area contributed by atoms with Gasteiger partial charge < -0.3 is 19.5 Å². The number of nitrogens with one attached hydrogen (secondary N) is 1. The minimum absolute atomic E-state index is 0.122. The summed E-state index contributed by atoms with van der Waals surface area (Å²) >= 11 is 0. The molecule has 5 heteroatoms. The van der Waals surface area contributed by atoms with Gasteiger partial charge in [-0.05, 0) is 35.4 Å². The van der Waals surface area contributed by atoms with Crippen molar-refractivity contribution in [3.05, 3.63) is 59.2 Å². The van der Waals surface area contributed by atoms with Crippen LogP contribution in [0.3, 0.4) is 0 Å². The van der Waals surface area contributed by atoms with Crippen molar-refractivity contribution < 1.29 is 19.0 Å². The highest BCUT2D eigenvalue weighted by Gasteiger charge is 2.08. The zero-order chi connectivity index (χ0) is 16.7. The Labute approximate surface area is 136 Å². The summed E-state index contributed by atoms with van der Waals surface area (Å²) in [4.78, 5) is 12.2. The molecule has 0 aliphatic rings. The predicted molar refractivity (Wildman–Crippen MR) is 87.9 cm³/mol. The van der Waals surface area contributed by atoms with E-state index in [0.29, 0.717) is 30.2 Å². The SMILES string of the molecule is COCc1ccc(C(=O)NCc2ccc(OC)c(OC)c2)cc1. The zero-order valence-corrected chi connectivity index (χ0v) is 13.6. The van der Waals surface area contributed by atoms with Gasteiger partial charge in [-0.25, -0.2) is 0 Å². The van der Waals surface area contributed by atoms with Crippen molar-refractivity contribution in [1.29, 1.82) is 0 Å². The number of carbonyl (C=O) groups is 1. The van der Waals surface area contributed by atoms with Crippen LogP contribution in [0.15, 0.2) is 42.5 Å². The van der Waals surface area contributed by atoms with Crippen molar-refractivity contribution in [3.8, 4) is 11.5 Å². The fraction of sp³-hybridized carbons (Fsp3) is 0.278. The van der Waals surface area contributed by atoms with Crippen LogP contribution in [0.1, 0.15) is 21.5 Å². The van der Waals surface area contributed by atoms with E-state index in [-0.39, 0.29) is 5.91 Å². The van der Waals surface area contributed by atoms with E-state index in [4.69, 9.17) is 14.2 Å². The molecule has 0 radical (unpaired) electrons. The molecule has 1 amide bonds. The Bertz CT molecular complexity index is 653. The Hall–Kier alpha value is -2.53. The molecule has 0 unspecified atom stereocenters.